The summed E-state index contributed by atoms with van der Waals surface area (Å²) in [5.74, 6) is 0.550. The lowest BCUT2D eigenvalue weighted by atomic mass is 9.80. The Morgan fingerprint density at radius 1 is 1.42 bits per heavy atom. The molecule has 0 radical (unpaired) electrons. The molecule has 8 heteroatoms. The van der Waals surface area contributed by atoms with E-state index in [-0.39, 0.29) is 13.2 Å². The van der Waals surface area contributed by atoms with E-state index in [2.05, 4.69) is 16.4 Å². The van der Waals surface area contributed by atoms with Crippen LogP contribution < -0.4 is 9.44 Å². The first-order valence-corrected chi connectivity index (χ1v) is 7.91. The molecule has 0 aromatic carbocycles. The van der Waals surface area contributed by atoms with Crippen molar-refractivity contribution in [1.82, 2.24) is 9.44 Å². The van der Waals surface area contributed by atoms with E-state index < -0.39 is 21.9 Å². The molecule has 0 spiro atoms. The second kappa shape index (κ2) is 6.53. The molecule has 0 bridgehead atoms. The van der Waals surface area contributed by atoms with Crippen LogP contribution in [0.4, 0.5) is 4.79 Å². The monoisotopic (exact) mass is 294 g/mol. The molecule has 7 nitrogen and oxygen atoms in total. The highest BCUT2D eigenvalue weighted by molar-refractivity contribution is 7.88. The number of ether oxygens (including phenoxy) is 1. The predicted octanol–water partition coefficient (Wildman–Crippen LogP) is 0.508. The van der Waals surface area contributed by atoms with Gasteiger partial charge in [0.25, 0.3) is 0 Å². The van der Waals surface area contributed by atoms with E-state index in [1.807, 2.05) is 0 Å². The van der Waals surface area contributed by atoms with Gasteiger partial charge < -0.3 is 9.84 Å². The standard InChI is InChI=1S/C11H22N2O5S/c1-3-18-10(14)13-19(16,17)12-8-11(15)6-4-9(2)5-7-11/h9,12,15H,3-8H2,1-2H3,(H,13,14). The number of rotatable bonds is 5. The van der Waals surface area contributed by atoms with E-state index in [1.165, 1.54) is 0 Å². The van der Waals surface area contributed by atoms with Gasteiger partial charge in [-0.15, -0.1) is 0 Å². The second-order valence-electron chi connectivity index (χ2n) is 5.05. The van der Waals surface area contributed by atoms with Gasteiger partial charge in [0.1, 0.15) is 0 Å². The van der Waals surface area contributed by atoms with E-state index in [0.29, 0.717) is 18.8 Å². The zero-order valence-corrected chi connectivity index (χ0v) is 12.1. The first kappa shape index (κ1) is 16.2. The average Bonchev–Trinajstić information content (AvgIpc) is 2.31. The SMILES string of the molecule is CCOC(=O)NS(=O)(=O)NCC1(O)CCC(C)CC1. The minimum absolute atomic E-state index is 0.0865. The van der Waals surface area contributed by atoms with E-state index in [4.69, 9.17) is 0 Å². The first-order chi connectivity index (χ1) is 8.76. The third kappa shape index (κ3) is 5.75. The van der Waals surface area contributed by atoms with Gasteiger partial charge in [0.05, 0.1) is 12.2 Å². The average molecular weight is 294 g/mol. The Morgan fingerprint density at radius 2 is 2.00 bits per heavy atom. The molecule has 1 amide bonds. The van der Waals surface area contributed by atoms with Gasteiger partial charge in [-0.05, 0) is 38.5 Å². The molecule has 0 saturated heterocycles. The molecule has 1 rings (SSSR count). The molecule has 112 valence electrons. The van der Waals surface area contributed by atoms with Crippen molar-refractivity contribution in [2.24, 2.45) is 5.92 Å². The van der Waals surface area contributed by atoms with Crippen LogP contribution in [-0.2, 0) is 14.9 Å². The van der Waals surface area contributed by atoms with Crippen LogP contribution >= 0.6 is 0 Å². The number of hydrogen-bond acceptors (Lipinski definition) is 5. The fourth-order valence-electron chi connectivity index (χ4n) is 2.01. The van der Waals surface area contributed by atoms with E-state index in [9.17, 15) is 18.3 Å². The van der Waals surface area contributed by atoms with Crippen molar-refractivity contribution < 1.29 is 23.1 Å². The highest BCUT2D eigenvalue weighted by Crippen LogP contribution is 2.31. The Bertz CT molecular complexity index is 401. The number of carbonyl (C=O) groups is 1. The van der Waals surface area contributed by atoms with Crippen molar-refractivity contribution in [2.75, 3.05) is 13.2 Å². The van der Waals surface area contributed by atoms with Crippen molar-refractivity contribution in [3.8, 4) is 0 Å². The molecule has 1 aliphatic rings. The van der Waals surface area contributed by atoms with Crippen LogP contribution in [0.2, 0.25) is 0 Å². The molecule has 1 fully saturated rings. The lowest BCUT2D eigenvalue weighted by Crippen LogP contribution is -2.49. The molecule has 0 aliphatic heterocycles. The summed E-state index contributed by atoms with van der Waals surface area (Å²) in [5.41, 5.74) is -1.03. The molecule has 0 aromatic rings. The lowest BCUT2D eigenvalue weighted by molar-refractivity contribution is -0.00190. The molecular weight excluding hydrogens is 272 g/mol. The van der Waals surface area contributed by atoms with Crippen LogP contribution in [-0.4, -0.2) is 38.4 Å². The number of hydrogen-bond donors (Lipinski definition) is 3. The summed E-state index contributed by atoms with van der Waals surface area (Å²) in [6.45, 7) is 3.66. The fraction of sp³-hybridized carbons (Fsp3) is 0.909. The molecule has 1 saturated carbocycles. The smallest absolute Gasteiger partial charge is 0.421 e. The number of amides is 1. The highest BCUT2D eigenvalue weighted by Gasteiger charge is 2.33. The molecule has 0 aromatic heterocycles. The summed E-state index contributed by atoms with van der Waals surface area (Å²) in [7, 11) is -3.99. The van der Waals surface area contributed by atoms with E-state index in [0.717, 1.165) is 12.8 Å². The Balaban J connectivity index is 2.44. The maximum Gasteiger partial charge on any atom is 0.421 e. The Morgan fingerprint density at radius 3 is 2.53 bits per heavy atom. The van der Waals surface area contributed by atoms with Gasteiger partial charge in [0.15, 0.2) is 0 Å². The van der Waals surface area contributed by atoms with Gasteiger partial charge >= 0.3 is 16.3 Å². The zero-order valence-electron chi connectivity index (χ0n) is 11.3. The zero-order chi connectivity index (χ0) is 14.5. The fourth-order valence-corrected chi connectivity index (χ4v) is 2.82. The summed E-state index contributed by atoms with van der Waals surface area (Å²) in [4.78, 5) is 11.0. The van der Waals surface area contributed by atoms with Crippen molar-refractivity contribution in [3.05, 3.63) is 0 Å². The van der Waals surface area contributed by atoms with E-state index in [1.54, 1.807) is 11.6 Å². The van der Waals surface area contributed by atoms with Crippen LogP contribution in [0.1, 0.15) is 39.5 Å². The minimum atomic E-state index is -3.99. The van der Waals surface area contributed by atoms with E-state index >= 15 is 0 Å². The molecule has 0 unspecified atom stereocenters. The quantitative estimate of drug-likeness (QED) is 0.685. The third-order valence-corrected chi connectivity index (χ3v) is 4.25. The molecule has 19 heavy (non-hydrogen) atoms. The highest BCUT2D eigenvalue weighted by atomic mass is 32.2. The normalized spacial score (nSPS) is 27.8. The number of nitrogens with one attached hydrogen (secondary N) is 2. The first-order valence-electron chi connectivity index (χ1n) is 6.43. The summed E-state index contributed by atoms with van der Waals surface area (Å²) in [5, 5.41) is 10.2. The Labute approximate surface area is 113 Å². The van der Waals surface area contributed by atoms with Crippen LogP contribution in [0.25, 0.3) is 0 Å². The van der Waals surface area contributed by atoms with Gasteiger partial charge in [-0.1, -0.05) is 6.92 Å². The largest absolute Gasteiger partial charge is 0.449 e. The Kier molecular flexibility index (Phi) is 5.57. The Hall–Kier alpha value is -0.860. The molecular formula is C11H22N2O5S. The summed E-state index contributed by atoms with van der Waals surface area (Å²) in [6.07, 6.45) is 1.80. The van der Waals surface area contributed by atoms with Gasteiger partial charge in [0, 0.05) is 6.54 Å². The topological polar surface area (TPSA) is 105 Å². The molecule has 0 heterocycles. The van der Waals surface area contributed by atoms with Crippen molar-refractivity contribution in [1.29, 1.82) is 0 Å². The maximum atomic E-state index is 11.5. The minimum Gasteiger partial charge on any atom is -0.449 e. The third-order valence-electron chi connectivity index (χ3n) is 3.29. The predicted molar refractivity (Wildman–Crippen MR) is 69.7 cm³/mol. The maximum absolute atomic E-state index is 11.5. The van der Waals surface area contributed by atoms with Crippen LogP contribution in [0.3, 0.4) is 0 Å². The second-order valence-corrected chi connectivity index (χ2v) is 6.55. The van der Waals surface area contributed by atoms with Crippen LogP contribution in [0, 0.1) is 5.92 Å². The van der Waals surface area contributed by atoms with Gasteiger partial charge in [0.2, 0.25) is 0 Å². The van der Waals surface area contributed by atoms with Crippen molar-refractivity contribution in [3.63, 3.8) is 0 Å². The lowest BCUT2D eigenvalue weighted by Gasteiger charge is -2.34. The van der Waals surface area contributed by atoms with Crippen molar-refractivity contribution >= 4 is 16.3 Å². The van der Waals surface area contributed by atoms with Crippen LogP contribution in [0.5, 0.6) is 0 Å². The molecule has 3 N–H and O–H groups in total. The van der Waals surface area contributed by atoms with Gasteiger partial charge in [-0.2, -0.15) is 13.1 Å². The number of aliphatic hydroxyl groups is 1. The summed E-state index contributed by atoms with van der Waals surface area (Å²) < 4.78 is 31.4. The van der Waals surface area contributed by atoms with Gasteiger partial charge in [-0.3, -0.25) is 0 Å². The van der Waals surface area contributed by atoms with Crippen LogP contribution in [0.15, 0.2) is 0 Å². The molecule has 1 aliphatic carbocycles. The summed E-state index contributed by atoms with van der Waals surface area (Å²) >= 11 is 0. The number of carbonyl (C=O) groups excluding carboxylic acids is 1. The summed E-state index contributed by atoms with van der Waals surface area (Å²) in [6, 6.07) is 0. The van der Waals surface area contributed by atoms with Crippen molar-refractivity contribution in [2.45, 2.75) is 45.1 Å². The van der Waals surface area contributed by atoms with Gasteiger partial charge in [-0.25, -0.2) is 9.52 Å². The molecule has 0 atom stereocenters.